The molecule has 3 atom stereocenters. The molecule has 3 aliphatic rings. The van der Waals surface area contributed by atoms with Crippen molar-refractivity contribution >= 4 is 23.3 Å². The van der Waals surface area contributed by atoms with Gasteiger partial charge in [0.25, 0.3) is 0 Å². The first kappa shape index (κ1) is 15.5. The number of aryl methyl sites for hydroxylation is 1. The second kappa shape index (κ2) is 5.82. The Bertz CT molecular complexity index is 720. The van der Waals surface area contributed by atoms with Gasteiger partial charge in [0.05, 0.1) is 6.04 Å². The van der Waals surface area contributed by atoms with E-state index in [4.69, 9.17) is 0 Å². The van der Waals surface area contributed by atoms with Crippen LogP contribution in [0.5, 0.6) is 0 Å². The van der Waals surface area contributed by atoms with Crippen molar-refractivity contribution < 1.29 is 0 Å². The third kappa shape index (κ3) is 2.26. The Morgan fingerprint density at radius 1 is 1.04 bits per heavy atom. The lowest BCUT2D eigenvalue weighted by molar-refractivity contribution is 0.0293. The van der Waals surface area contributed by atoms with E-state index in [1.54, 1.807) is 11.3 Å². The number of nitrogens with zero attached hydrogens (tertiary/aromatic N) is 2. The SMILES string of the molecule is Cl.Cn1c2c(c3ccccc31)CCN1CC3CCCCC3CC21. The Balaban J connectivity index is 0.00000135. The van der Waals surface area contributed by atoms with Crippen LogP contribution in [0.15, 0.2) is 24.3 Å². The molecule has 0 spiro atoms. The van der Waals surface area contributed by atoms with Gasteiger partial charge in [0, 0.05) is 36.7 Å². The molecule has 1 saturated heterocycles. The van der Waals surface area contributed by atoms with Gasteiger partial charge in [0.15, 0.2) is 0 Å². The molecular weight excluding hydrogens is 304 g/mol. The van der Waals surface area contributed by atoms with Gasteiger partial charge in [-0.15, -0.1) is 12.4 Å². The Morgan fingerprint density at radius 2 is 1.83 bits per heavy atom. The lowest BCUT2D eigenvalue weighted by Gasteiger charge is -2.48. The average molecular weight is 331 g/mol. The van der Waals surface area contributed by atoms with E-state index in [2.05, 4.69) is 40.8 Å². The Kier molecular flexibility index (Phi) is 3.93. The highest BCUT2D eigenvalue weighted by molar-refractivity contribution is 5.86. The van der Waals surface area contributed by atoms with Crippen LogP contribution in [0, 0.1) is 11.8 Å². The molecule has 3 heteroatoms. The smallest absolute Gasteiger partial charge is 0.0506 e. The molecule has 5 rings (SSSR count). The lowest BCUT2D eigenvalue weighted by Crippen LogP contribution is -2.47. The Hall–Kier alpha value is -0.990. The zero-order chi connectivity index (χ0) is 14.7. The van der Waals surface area contributed by atoms with Crippen molar-refractivity contribution in [3.05, 3.63) is 35.5 Å². The van der Waals surface area contributed by atoms with Crippen molar-refractivity contribution in [2.24, 2.45) is 18.9 Å². The first-order valence-corrected chi connectivity index (χ1v) is 9.13. The van der Waals surface area contributed by atoms with Crippen LogP contribution in [0.2, 0.25) is 0 Å². The first-order chi connectivity index (χ1) is 10.8. The highest BCUT2D eigenvalue weighted by Crippen LogP contribution is 2.47. The molecular formula is C20H27ClN2. The zero-order valence-corrected chi connectivity index (χ0v) is 14.8. The van der Waals surface area contributed by atoms with Crippen LogP contribution in [0.1, 0.15) is 49.4 Å². The Labute approximate surface area is 145 Å². The predicted molar refractivity (Wildman–Crippen MR) is 98.3 cm³/mol. The quantitative estimate of drug-likeness (QED) is 0.679. The van der Waals surface area contributed by atoms with Crippen LogP contribution in [0.3, 0.4) is 0 Å². The normalized spacial score (nSPS) is 30.2. The zero-order valence-electron chi connectivity index (χ0n) is 14.0. The molecule has 23 heavy (non-hydrogen) atoms. The van der Waals surface area contributed by atoms with Crippen LogP contribution >= 0.6 is 12.4 Å². The van der Waals surface area contributed by atoms with Gasteiger partial charge in [-0.1, -0.05) is 37.5 Å². The summed E-state index contributed by atoms with van der Waals surface area (Å²) in [6.07, 6.45) is 8.55. The van der Waals surface area contributed by atoms with E-state index in [0.717, 1.165) is 11.8 Å². The van der Waals surface area contributed by atoms with Crippen LogP contribution in [0.25, 0.3) is 10.9 Å². The Morgan fingerprint density at radius 3 is 2.70 bits per heavy atom. The monoisotopic (exact) mass is 330 g/mol. The summed E-state index contributed by atoms with van der Waals surface area (Å²) in [5, 5.41) is 1.51. The van der Waals surface area contributed by atoms with Crippen LogP contribution in [-0.2, 0) is 13.5 Å². The minimum Gasteiger partial charge on any atom is -0.346 e. The van der Waals surface area contributed by atoms with Gasteiger partial charge in [0.2, 0.25) is 0 Å². The predicted octanol–water partition coefficient (Wildman–Crippen LogP) is 4.71. The second-order valence-electron chi connectivity index (χ2n) is 7.74. The first-order valence-electron chi connectivity index (χ1n) is 9.13. The third-order valence-corrected chi connectivity index (χ3v) is 6.73. The molecule has 2 fully saturated rings. The maximum atomic E-state index is 2.81. The molecule has 1 aromatic heterocycles. The van der Waals surface area contributed by atoms with Gasteiger partial charge in [-0.05, 0) is 42.7 Å². The average Bonchev–Trinajstić information content (AvgIpc) is 2.87. The number of para-hydroxylation sites is 1. The number of halogens is 1. The summed E-state index contributed by atoms with van der Waals surface area (Å²) in [6, 6.07) is 9.69. The van der Waals surface area contributed by atoms with E-state index in [1.807, 2.05) is 0 Å². The van der Waals surface area contributed by atoms with E-state index in [-0.39, 0.29) is 12.4 Å². The molecule has 3 unspecified atom stereocenters. The molecule has 0 bridgehead atoms. The largest absolute Gasteiger partial charge is 0.346 e. The van der Waals surface area contributed by atoms with Gasteiger partial charge >= 0.3 is 0 Å². The fraction of sp³-hybridized carbons (Fsp3) is 0.600. The van der Waals surface area contributed by atoms with E-state index < -0.39 is 0 Å². The van der Waals surface area contributed by atoms with Crippen LogP contribution in [0.4, 0.5) is 0 Å². The summed E-state index contributed by atoms with van der Waals surface area (Å²) in [5.41, 5.74) is 4.71. The van der Waals surface area contributed by atoms with E-state index >= 15 is 0 Å². The molecule has 1 saturated carbocycles. The molecule has 1 aliphatic carbocycles. The standard InChI is InChI=1S/C20H26N2.ClH/c1-21-18-9-5-4-8-16(18)17-10-11-22-13-15-7-3-2-6-14(15)12-19(22)20(17)21;/h4-5,8-9,14-15,19H,2-3,6-7,10-13H2,1H3;1H. The van der Waals surface area contributed by atoms with E-state index in [9.17, 15) is 0 Å². The number of hydrogen-bond acceptors (Lipinski definition) is 1. The molecule has 2 aliphatic heterocycles. The minimum absolute atomic E-state index is 0. The summed E-state index contributed by atoms with van der Waals surface area (Å²) in [5.74, 6) is 1.97. The maximum Gasteiger partial charge on any atom is 0.0506 e. The highest BCUT2D eigenvalue weighted by atomic mass is 35.5. The number of aromatic nitrogens is 1. The van der Waals surface area contributed by atoms with Crippen molar-refractivity contribution in [2.45, 2.75) is 44.6 Å². The number of fused-ring (bicyclic) bond motifs is 6. The van der Waals surface area contributed by atoms with Crippen molar-refractivity contribution in [1.29, 1.82) is 0 Å². The molecule has 0 radical (unpaired) electrons. The van der Waals surface area contributed by atoms with Crippen LogP contribution in [-0.4, -0.2) is 22.6 Å². The van der Waals surface area contributed by atoms with Crippen molar-refractivity contribution in [1.82, 2.24) is 9.47 Å². The molecule has 0 amide bonds. The van der Waals surface area contributed by atoms with Crippen molar-refractivity contribution in [2.75, 3.05) is 13.1 Å². The number of rotatable bonds is 0. The summed E-state index contributed by atoms with van der Waals surface area (Å²) >= 11 is 0. The minimum atomic E-state index is 0. The fourth-order valence-electron chi connectivity index (χ4n) is 5.67. The maximum absolute atomic E-state index is 2.81. The van der Waals surface area contributed by atoms with E-state index in [0.29, 0.717) is 6.04 Å². The van der Waals surface area contributed by atoms with Gasteiger partial charge in [-0.3, -0.25) is 4.90 Å². The van der Waals surface area contributed by atoms with Crippen molar-refractivity contribution in [3.63, 3.8) is 0 Å². The molecule has 2 aromatic rings. The van der Waals surface area contributed by atoms with Crippen LogP contribution < -0.4 is 0 Å². The fourth-order valence-corrected chi connectivity index (χ4v) is 5.67. The second-order valence-corrected chi connectivity index (χ2v) is 7.74. The summed E-state index contributed by atoms with van der Waals surface area (Å²) < 4.78 is 2.50. The molecule has 1 aromatic carbocycles. The van der Waals surface area contributed by atoms with Gasteiger partial charge in [0.1, 0.15) is 0 Å². The molecule has 3 heterocycles. The topological polar surface area (TPSA) is 8.17 Å². The highest BCUT2D eigenvalue weighted by Gasteiger charge is 2.41. The van der Waals surface area contributed by atoms with Gasteiger partial charge in [-0.25, -0.2) is 0 Å². The molecule has 124 valence electrons. The van der Waals surface area contributed by atoms with Gasteiger partial charge < -0.3 is 4.57 Å². The summed E-state index contributed by atoms with van der Waals surface area (Å²) in [4.78, 5) is 2.81. The van der Waals surface area contributed by atoms with Crippen molar-refractivity contribution in [3.8, 4) is 0 Å². The molecule has 0 N–H and O–H groups in total. The van der Waals surface area contributed by atoms with Gasteiger partial charge in [-0.2, -0.15) is 0 Å². The number of hydrogen-bond donors (Lipinski definition) is 0. The number of piperidine rings is 1. The van der Waals surface area contributed by atoms with E-state index in [1.165, 1.54) is 62.5 Å². The lowest BCUT2D eigenvalue weighted by atomic mass is 9.71. The third-order valence-electron chi connectivity index (χ3n) is 6.73. The molecule has 2 nitrogen and oxygen atoms in total. The summed E-state index contributed by atoms with van der Waals surface area (Å²) in [6.45, 7) is 2.63. The summed E-state index contributed by atoms with van der Waals surface area (Å²) in [7, 11) is 2.29. The number of benzene rings is 1.